The van der Waals surface area contributed by atoms with Crippen molar-refractivity contribution in [3.05, 3.63) is 16.1 Å². The van der Waals surface area contributed by atoms with E-state index in [4.69, 9.17) is 5.11 Å². The molecule has 2 amide bonds. The first-order valence-corrected chi connectivity index (χ1v) is 8.44. The van der Waals surface area contributed by atoms with Gasteiger partial charge in [0.1, 0.15) is 5.01 Å². The minimum absolute atomic E-state index is 0.0280. The number of nitrogens with one attached hydrogen (secondary N) is 2. The van der Waals surface area contributed by atoms with Crippen molar-refractivity contribution in [3.8, 4) is 0 Å². The maximum atomic E-state index is 11.4. The van der Waals surface area contributed by atoms with Gasteiger partial charge in [-0.15, -0.1) is 11.3 Å². The molecule has 0 saturated heterocycles. The average molecular weight is 321 g/mol. The second-order valence-corrected chi connectivity index (χ2v) is 7.19. The van der Waals surface area contributed by atoms with Crippen molar-refractivity contribution in [2.24, 2.45) is 0 Å². The second kappa shape index (κ2) is 7.20. The van der Waals surface area contributed by atoms with Gasteiger partial charge in [0.05, 0.1) is 12.3 Å². The largest absolute Gasteiger partial charge is 0.476 e. The van der Waals surface area contributed by atoms with Crippen molar-refractivity contribution in [3.63, 3.8) is 0 Å². The number of amides is 2. The molecule has 3 N–H and O–H groups in total. The Hall–Kier alpha value is -1.68. The number of aromatic nitrogens is 1. The van der Waals surface area contributed by atoms with E-state index in [9.17, 15) is 18.0 Å². The van der Waals surface area contributed by atoms with Crippen molar-refractivity contribution in [2.75, 3.05) is 18.1 Å². The van der Waals surface area contributed by atoms with E-state index in [-0.39, 0.29) is 30.3 Å². The molecular weight excluding hydrogens is 306 g/mol. The minimum Gasteiger partial charge on any atom is -0.476 e. The highest BCUT2D eigenvalue weighted by molar-refractivity contribution is 7.91. The molecular formula is C10H15N3O5S2. The molecule has 1 heterocycles. The van der Waals surface area contributed by atoms with Crippen LogP contribution in [0, 0.1) is 0 Å². The molecule has 8 nitrogen and oxygen atoms in total. The molecule has 10 heteroatoms. The van der Waals surface area contributed by atoms with Crippen molar-refractivity contribution >= 4 is 33.2 Å². The third-order valence-electron chi connectivity index (χ3n) is 2.31. The quantitative estimate of drug-likeness (QED) is 0.653. The lowest BCUT2D eigenvalue weighted by Crippen LogP contribution is -2.37. The summed E-state index contributed by atoms with van der Waals surface area (Å²) in [6.07, 6.45) is 0. The van der Waals surface area contributed by atoms with Crippen LogP contribution in [-0.2, 0) is 16.4 Å². The Kier molecular flexibility index (Phi) is 5.89. The van der Waals surface area contributed by atoms with Crippen LogP contribution in [0.3, 0.4) is 0 Å². The number of hydrogen-bond donors (Lipinski definition) is 3. The van der Waals surface area contributed by atoms with Gasteiger partial charge in [0, 0.05) is 17.7 Å². The first kappa shape index (κ1) is 16.4. The highest BCUT2D eigenvalue weighted by atomic mass is 32.2. The number of carbonyl (C=O) groups excluding carboxylic acids is 1. The van der Waals surface area contributed by atoms with E-state index in [1.807, 2.05) is 0 Å². The SMILES string of the molecule is CCS(=O)(=O)CCNC(=O)NCc1nc(C(=O)O)cs1. The molecule has 0 saturated carbocycles. The van der Waals surface area contributed by atoms with E-state index in [1.165, 1.54) is 12.3 Å². The molecule has 20 heavy (non-hydrogen) atoms. The monoisotopic (exact) mass is 321 g/mol. The van der Waals surface area contributed by atoms with Crippen molar-refractivity contribution in [1.29, 1.82) is 0 Å². The molecule has 0 unspecified atom stereocenters. The first-order valence-electron chi connectivity index (χ1n) is 5.74. The number of urea groups is 1. The Morgan fingerprint density at radius 2 is 2.10 bits per heavy atom. The van der Waals surface area contributed by atoms with Gasteiger partial charge in [0.15, 0.2) is 15.5 Å². The van der Waals surface area contributed by atoms with Crippen LogP contribution in [0.1, 0.15) is 22.4 Å². The maximum Gasteiger partial charge on any atom is 0.355 e. The van der Waals surface area contributed by atoms with Crippen LogP contribution in [0.15, 0.2) is 5.38 Å². The fourth-order valence-corrected chi connectivity index (χ4v) is 2.58. The Bertz CT molecular complexity index is 581. The number of carboxylic acids is 1. The lowest BCUT2D eigenvalue weighted by atomic mass is 10.5. The number of rotatable bonds is 7. The molecule has 1 aromatic rings. The molecule has 0 spiro atoms. The van der Waals surface area contributed by atoms with Crippen molar-refractivity contribution in [1.82, 2.24) is 15.6 Å². The van der Waals surface area contributed by atoms with Gasteiger partial charge in [-0.2, -0.15) is 0 Å². The van der Waals surface area contributed by atoms with Crippen LogP contribution in [0.5, 0.6) is 0 Å². The molecule has 0 aliphatic rings. The summed E-state index contributed by atoms with van der Waals surface area (Å²) in [7, 11) is -3.11. The molecule has 112 valence electrons. The molecule has 0 radical (unpaired) electrons. The van der Waals surface area contributed by atoms with E-state index < -0.39 is 21.8 Å². The molecule has 0 atom stereocenters. The predicted molar refractivity (Wildman–Crippen MR) is 73.6 cm³/mol. The highest BCUT2D eigenvalue weighted by Gasteiger charge is 2.10. The molecule has 0 aromatic carbocycles. The third kappa shape index (κ3) is 5.53. The van der Waals surface area contributed by atoms with E-state index in [0.29, 0.717) is 5.01 Å². The zero-order valence-electron chi connectivity index (χ0n) is 10.7. The molecule has 0 aliphatic carbocycles. The summed E-state index contributed by atoms with van der Waals surface area (Å²) in [6.45, 7) is 1.66. The zero-order valence-corrected chi connectivity index (χ0v) is 12.4. The maximum absolute atomic E-state index is 11.4. The summed E-state index contributed by atoms with van der Waals surface area (Å²) in [5.74, 6) is -1.20. The highest BCUT2D eigenvalue weighted by Crippen LogP contribution is 2.09. The number of carboxylic acid groups (broad SMARTS) is 1. The van der Waals surface area contributed by atoms with Gasteiger partial charge < -0.3 is 15.7 Å². The van der Waals surface area contributed by atoms with Crippen LogP contribution in [0.25, 0.3) is 0 Å². The molecule has 0 bridgehead atoms. The topological polar surface area (TPSA) is 125 Å². The fourth-order valence-electron chi connectivity index (χ4n) is 1.17. The van der Waals surface area contributed by atoms with Gasteiger partial charge >= 0.3 is 12.0 Å². The van der Waals surface area contributed by atoms with Gasteiger partial charge in [-0.25, -0.2) is 23.0 Å². The van der Waals surface area contributed by atoms with E-state index in [1.54, 1.807) is 0 Å². The summed E-state index contributed by atoms with van der Waals surface area (Å²) in [5.41, 5.74) is -0.0683. The van der Waals surface area contributed by atoms with E-state index in [0.717, 1.165) is 11.3 Å². The van der Waals surface area contributed by atoms with E-state index >= 15 is 0 Å². The molecule has 0 aliphatic heterocycles. The summed E-state index contributed by atoms with van der Waals surface area (Å²) >= 11 is 1.12. The Morgan fingerprint density at radius 3 is 2.65 bits per heavy atom. The van der Waals surface area contributed by atoms with Crippen LogP contribution < -0.4 is 10.6 Å². The van der Waals surface area contributed by atoms with Crippen LogP contribution in [0.4, 0.5) is 4.79 Å². The molecule has 0 fully saturated rings. The summed E-state index contributed by atoms with van der Waals surface area (Å²) in [6, 6.07) is -0.525. The van der Waals surface area contributed by atoms with Crippen molar-refractivity contribution in [2.45, 2.75) is 13.5 Å². The number of hydrogen-bond acceptors (Lipinski definition) is 6. The smallest absolute Gasteiger partial charge is 0.355 e. The number of nitrogens with zero attached hydrogens (tertiary/aromatic N) is 1. The first-order chi connectivity index (χ1) is 9.34. The average Bonchev–Trinajstić information content (AvgIpc) is 2.85. The molecule has 1 aromatic heterocycles. The second-order valence-electron chi connectivity index (χ2n) is 3.78. The molecule has 1 rings (SSSR count). The lowest BCUT2D eigenvalue weighted by Gasteiger charge is -2.06. The van der Waals surface area contributed by atoms with Gasteiger partial charge in [0.2, 0.25) is 0 Å². The Morgan fingerprint density at radius 1 is 1.40 bits per heavy atom. The third-order valence-corrected chi connectivity index (χ3v) is 4.86. The van der Waals surface area contributed by atoms with Crippen LogP contribution >= 0.6 is 11.3 Å². The van der Waals surface area contributed by atoms with Crippen molar-refractivity contribution < 1.29 is 23.1 Å². The zero-order chi connectivity index (χ0) is 15.2. The summed E-state index contributed by atoms with van der Waals surface area (Å²) < 4.78 is 22.4. The Balaban J connectivity index is 2.31. The lowest BCUT2D eigenvalue weighted by molar-refractivity contribution is 0.0691. The number of thiazole rings is 1. The number of sulfone groups is 1. The standard InChI is InChI=1S/C10H15N3O5S2/c1-2-20(17,18)4-3-11-10(16)12-5-8-13-7(6-19-8)9(14)15/h6H,2-5H2,1H3,(H,14,15)(H2,11,12,16). The van der Waals surface area contributed by atoms with Gasteiger partial charge in [-0.3, -0.25) is 0 Å². The summed E-state index contributed by atoms with van der Waals surface area (Å²) in [5, 5.41) is 15.4. The summed E-state index contributed by atoms with van der Waals surface area (Å²) in [4.78, 5) is 25.8. The fraction of sp³-hybridized carbons (Fsp3) is 0.500. The van der Waals surface area contributed by atoms with Crippen LogP contribution in [-0.4, -0.2) is 48.6 Å². The van der Waals surface area contributed by atoms with Gasteiger partial charge in [-0.1, -0.05) is 6.92 Å². The number of aromatic carboxylic acids is 1. The van der Waals surface area contributed by atoms with E-state index in [2.05, 4.69) is 15.6 Å². The minimum atomic E-state index is -3.11. The van der Waals surface area contributed by atoms with Gasteiger partial charge in [0.25, 0.3) is 0 Å². The van der Waals surface area contributed by atoms with Gasteiger partial charge in [-0.05, 0) is 0 Å². The number of carbonyl (C=O) groups is 2. The van der Waals surface area contributed by atoms with Crippen LogP contribution in [0.2, 0.25) is 0 Å². The predicted octanol–water partition coefficient (Wildman–Crippen LogP) is 0.0752. The Labute approximate surface area is 120 Å². The normalized spacial score (nSPS) is 11.1.